The van der Waals surface area contributed by atoms with E-state index in [1.807, 2.05) is 0 Å². The van der Waals surface area contributed by atoms with Gasteiger partial charge in [0.2, 0.25) is 5.91 Å². The monoisotopic (exact) mass is 383 g/mol. The Morgan fingerprint density at radius 1 is 1.00 bits per heavy atom. The topological polar surface area (TPSA) is 29.5 Å². The van der Waals surface area contributed by atoms with Gasteiger partial charge in [0.15, 0.2) is 16.6 Å². The first-order valence-corrected chi connectivity index (χ1v) is 15.5. The van der Waals surface area contributed by atoms with Crippen molar-refractivity contribution in [2.75, 3.05) is 6.61 Å². The molecule has 0 bridgehead atoms. The third-order valence-electron chi connectivity index (χ3n) is 6.73. The largest absolute Gasteiger partial charge is 0.417 e. The van der Waals surface area contributed by atoms with Crippen LogP contribution in [0.15, 0.2) is 11.1 Å². The van der Waals surface area contributed by atoms with E-state index in [9.17, 15) is 4.79 Å². The van der Waals surface area contributed by atoms with Crippen LogP contribution >= 0.6 is 0 Å². The number of carbonyl (C=O) groups is 1. The third kappa shape index (κ3) is 4.30. The molecule has 25 heavy (non-hydrogen) atoms. The zero-order valence-corrected chi connectivity index (χ0v) is 20.8. The summed E-state index contributed by atoms with van der Waals surface area (Å²) in [5, 5.41) is 0.384. The van der Waals surface area contributed by atoms with E-state index in [2.05, 4.69) is 86.1 Å². The summed E-state index contributed by atoms with van der Waals surface area (Å²) in [5.41, 5.74) is 2.20. The van der Waals surface area contributed by atoms with Gasteiger partial charge in [0.05, 0.1) is 6.04 Å². The van der Waals surface area contributed by atoms with Crippen LogP contribution in [0.5, 0.6) is 0 Å². The maximum atomic E-state index is 12.9. The van der Waals surface area contributed by atoms with Gasteiger partial charge in [-0.3, -0.25) is 4.79 Å². The van der Waals surface area contributed by atoms with Crippen molar-refractivity contribution in [1.82, 2.24) is 4.57 Å². The maximum Gasteiger partial charge on any atom is 0.244 e. The van der Waals surface area contributed by atoms with Crippen LogP contribution in [0.1, 0.15) is 61.8 Å². The van der Waals surface area contributed by atoms with Gasteiger partial charge in [-0.25, -0.2) is 0 Å². The first kappa shape index (κ1) is 22.6. The zero-order valence-electron chi connectivity index (χ0n) is 18.8. The van der Waals surface area contributed by atoms with E-state index in [0.717, 1.165) is 24.2 Å². The molecule has 146 valence electrons. The lowest BCUT2D eigenvalue weighted by atomic mass is 9.91. The lowest BCUT2D eigenvalue weighted by Crippen LogP contribution is -2.69. The highest BCUT2D eigenvalue weighted by atomic mass is 28.4. The van der Waals surface area contributed by atoms with Crippen LogP contribution in [0.3, 0.4) is 0 Å². The van der Waals surface area contributed by atoms with Gasteiger partial charge in [-0.1, -0.05) is 60.2 Å². The average Bonchev–Trinajstić information content (AvgIpc) is 2.33. The number of β-lactam (4-membered cyclic amide) rings is 1. The maximum absolute atomic E-state index is 12.9. The van der Waals surface area contributed by atoms with E-state index in [0.29, 0.717) is 0 Å². The molecule has 0 saturated carbocycles. The van der Waals surface area contributed by atoms with E-state index in [1.165, 1.54) is 0 Å². The van der Waals surface area contributed by atoms with Gasteiger partial charge in [0.25, 0.3) is 0 Å². The van der Waals surface area contributed by atoms with Gasteiger partial charge in [-0.15, -0.1) is 0 Å². The summed E-state index contributed by atoms with van der Waals surface area (Å²) in [7, 11) is -3.60. The van der Waals surface area contributed by atoms with E-state index in [-0.39, 0.29) is 22.0 Å². The second-order valence-corrected chi connectivity index (χ2v) is 20.7. The SMILES string of the molecule is CC(C)=C1C(=O)N([Si](C)(C)C(C)(C)C)C1CCO[Si](C)(C)C(C)(C)C. The Morgan fingerprint density at radius 3 is 1.84 bits per heavy atom. The molecule has 1 rings (SSSR count). The molecule has 3 nitrogen and oxygen atoms in total. The molecule has 1 aliphatic rings. The highest BCUT2D eigenvalue weighted by molar-refractivity contribution is 6.80. The van der Waals surface area contributed by atoms with Gasteiger partial charge < -0.3 is 8.99 Å². The smallest absolute Gasteiger partial charge is 0.244 e. The number of hydrogen-bond donors (Lipinski definition) is 0. The summed E-state index contributed by atoms with van der Waals surface area (Å²) in [4.78, 5) is 12.9. The molecule has 5 heteroatoms. The number of carbonyl (C=O) groups excluding carboxylic acids is 1. The minimum absolute atomic E-state index is 0.161. The summed E-state index contributed by atoms with van der Waals surface area (Å²) < 4.78 is 8.64. The predicted molar refractivity (Wildman–Crippen MR) is 114 cm³/mol. The molecule has 0 N–H and O–H groups in total. The Labute approximate surface area is 158 Å². The molecular weight excluding hydrogens is 342 g/mol. The van der Waals surface area contributed by atoms with Gasteiger partial charge >= 0.3 is 0 Å². The van der Waals surface area contributed by atoms with Crippen molar-refractivity contribution in [2.24, 2.45) is 0 Å². The van der Waals surface area contributed by atoms with E-state index < -0.39 is 16.6 Å². The van der Waals surface area contributed by atoms with Crippen LogP contribution in [0, 0.1) is 0 Å². The minimum atomic E-state index is -1.86. The Morgan fingerprint density at radius 2 is 1.48 bits per heavy atom. The lowest BCUT2D eigenvalue weighted by molar-refractivity contribution is -0.131. The van der Waals surface area contributed by atoms with E-state index in [4.69, 9.17) is 4.43 Å². The Kier molecular flexibility index (Phi) is 6.31. The highest BCUT2D eigenvalue weighted by Gasteiger charge is 2.54. The van der Waals surface area contributed by atoms with E-state index >= 15 is 0 Å². The fourth-order valence-electron chi connectivity index (χ4n) is 2.94. The van der Waals surface area contributed by atoms with Crippen LogP contribution in [0.25, 0.3) is 0 Å². The van der Waals surface area contributed by atoms with Gasteiger partial charge in [0, 0.05) is 12.2 Å². The zero-order chi connectivity index (χ0) is 20.0. The van der Waals surface area contributed by atoms with Crippen molar-refractivity contribution in [2.45, 2.75) is 104 Å². The quantitative estimate of drug-likeness (QED) is 0.333. The van der Waals surface area contributed by atoms with Crippen molar-refractivity contribution < 1.29 is 9.22 Å². The van der Waals surface area contributed by atoms with Crippen molar-refractivity contribution >= 4 is 22.5 Å². The molecule has 1 amide bonds. The minimum Gasteiger partial charge on any atom is -0.417 e. The summed E-state index contributed by atoms with van der Waals surface area (Å²) in [5.74, 6) is 0.268. The Balaban J connectivity index is 2.97. The van der Waals surface area contributed by atoms with Crippen molar-refractivity contribution in [3.05, 3.63) is 11.1 Å². The van der Waals surface area contributed by atoms with Crippen molar-refractivity contribution in [1.29, 1.82) is 0 Å². The number of allylic oxidation sites excluding steroid dienone is 1. The molecule has 0 spiro atoms. The molecular formula is C20H41NO2Si2. The number of amides is 1. The van der Waals surface area contributed by atoms with Gasteiger partial charge in [-0.05, 0) is 43.4 Å². The normalized spacial score (nSPS) is 20.0. The Hall–Kier alpha value is -0.396. The van der Waals surface area contributed by atoms with Crippen LogP contribution < -0.4 is 0 Å². The predicted octanol–water partition coefficient (Wildman–Crippen LogP) is 5.95. The summed E-state index contributed by atoms with van der Waals surface area (Å²) in [6.07, 6.45) is 0.922. The summed E-state index contributed by atoms with van der Waals surface area (Å²) >= 11 is 0. The van der Waals surface area contributed by atoms with Crippen LogP contribution in [0.2, 0.25) is 36.3 Å². The molecule has 1 aliphatic heterocycles. The van der Waals surface area contributed by atoms with Crippen LogP contribution in [0.4, 0.5) is 0 Å². The van der Waals surface area contributed by atoms with Crippen LogP contribution in [-0.4, -0.2) is 39.7 Å². The molecule has 1 saturated heterocycles. The molecule has 0 aliphatic carbocycles. The second kappa shape index (κ2) is 6.97. The number of hydrogen-bond acceptors (Lipinski definition) is 2. The molecule has 1 unspecified atom stereocenters. The molecule has 0 aromatic rings. The Bertz CT molecular complexity index is 547. The number of nitrogens with zero attached hydrogens (tertiary/aromatic N) is 1. The fourth-order valence-corrected chi connectivity index (χ4v) is 6.39. The van der Waals surface area contributed by atoms with Gasteiger partial charge in [0.1, 0.15) is 0 Å². The molecule has 1 heterocycles. The summed E-state index contributed by atoms with van der Waals surface area (Å²) in [6.45, 7) is 27.8. The van der Waals surface area contributed by atoms with Crippen LogP contribution in [-0.2, 0) is 9.22 Å². The van der Waals surface area contributed by atoms with Crippen molar-refractivity contribution in [3.8, 4) is 0 Å². The first-order valence-electron chi connectivity index (χ1n) is 9.60. The standard InChI is InChI=1S/C20H41NO2Si2/c1-15(2)17-16(13-14-23-25(11,12)20(6,7)8)21(18(17)22)24(9,10)19(3,4)5/h16H,13-14H2,1-12H3. The molecule has 0 radical (unpaired) electrons. The van der Waals surface area contributed by atoms with Gasteiger partial charge in [-0.2, -0.15) is 0 Å². The second-order valence-electron chi connectivity index (χ2n) is 10.8. The third-order valence-corrected chi connectivity index (χ3v) is 16.7. The number of rotatable bonds is 5. The summed E-state index contributed by atoms with van der Waals surface area (Å²) in [6, 6.07) is 0.239. The molecule has 0 aromatic heterocycles. The molecule has 1 atom stereocenters. The molecule has 0 aromatic carbocycles. The lowest BCUT2D eigenvalue weighted by Gasteiger charge is -2.56. The van der Waals surface area contributed by atoms with E-state index in [1.54, 1.807) is 0 Å². The highest BCUT2D eigenvalue weighted by Crippen LogP contribution is 2.46. The first-order chi connectivity index (χ1) is 10.9. The molecule has 1 fully saturated rings. The van der Waals surface area contributed by atoms with Crippen molar-refractivity contribution in [3.63, 3.8) is 0 Å². The fraction of sp³-hybridized carbons (Fsp3) is 0.850. The average molecular weight is 384 g/mol.